The summed E-state index contributed by atoms with van der Waals surface area (Å²) in [5.74, 6) is 0.429. The highest BCUT2D eigenvalue weighted by Crippen LogP contribution is 2.26. The lowest BCUT2D eigenvalue weighted by molar-refractivity contribution is -0.126. The van der Waals surface area contributed by atoms with Gasteiger partial charge in [0, 0.05) is 25.2 Å². The molecule has 0 saturated carbocycles. The van der Waals surface area contributed by atoms with E-state index in [1.54, 1.807) is 12.0 Å². The van der Waals surface area contributed by atoms with Gasteiger partial charge in [-0.3, -0.25) is 9.59 Å². The normalized spacial score (nSPS) is 18.5. The van der Waals surface area contributed by atoms with Crippen LogP contribution in [0.15, 0.2) is 24.3 Å². The van der Waals surface area contributed by atoms with Crippen LogP contribution in [-0.2, 0) is 9.59 Å². The van der Waals surface area contributed by atoms with Crippen molar-refractivity contribution in [1.82, 2.24) is 5.32 Å². The Morgan fingerprint density at radius 1 is 1.42 bits per heavy atom. The molecule has 1 aliphatic heterocycles. The minimum Gasteiger partial charge on any atom is -0.497 e. The molecule has 0 spiro atoms. The summed E-state index contributed by atoms with van der Waals surface area (Å²) in [5.41, 5.74) is 0.803. The van der Waals surface area contributed by atoms with Crippen molar-refractivity contribution in [2.45, 2.75) is 13.3 Å². The van der Waals surface area contributed by atoms with Crippen molar-refractivity contribution in [3.8, 4) is 5.75 Å². The van der Waals surface area contributed by atoms with E-state index in [4.69, 9.17) is 4.74 Å². The molecule has 1 aromatic carbocycles. The van der Waals surface area contributed by atoms with Crippen LogP contribution >= 0.6 is 0 Å². The van der Waals surface area contributed by atoms with Crippen molar-refractivity contribution >= 4 is 17.5 Å². The van der Waals surface area contributed by atoms with Crippen LogP contribution in [-0.4, -0.2) is 32.0 Å². The molecule has 2 amide bonds. The van der Waals surface area contributed by atoms with Crippen LogP contribution in [0.25, 0.3) is 0 Å². The van der Waals surface area contributed by atoms with Crippen molar-refractivity contribution in [2.24, 2.45) is 5.92 Å². The van der Waals surface area contributed by atoms with Gasteiger partial charge in [-0.25, -0.2) is 0 Å². The Balaban J connectivity index is 2.08. The van der Waals surface area contributed by atoms with Gasteiger partial charge in [0.2, 0.25) is 11.8 Å². The molecule has 1 saturated heterocycles. The number of ether oxygens (including phenoxy) is 1. The van der Waals surface area contributed by atoms with E-state index in [0.29, 0.717) is 13.1 Å². The number of carbonyl (C=O) groups excluding carboxylic acids is 2. The molecule has 1 fully saturated rings. The number of carbonyl (C=O) groups is 2. The van der Waals surface area contributed by atoms with E-state index in [-0.39, 0.29) is 24.2 Å². The number of nitrogens with one attached hydrogen (secondary N) is 1. The molecule has 0 aromatic heterocycles. The molecule has 1 aromatic rings. The predicted molar refractivity (Wildman–Crippen MR) is 72.1 cm³/mol. The van der Waals surface area contributed by atoms with Crippen LogP contribution < -0.4 is 15.0 Å². The number of anilines is 1. The molecule has 0 unspecified atom stereocenters. The zero-order valence-corrected chi connectivity index (χ0v) is 11.2. The standard InChI is InChI=1S/C14H18N2O3/c1-3-15-14(18)10-8-13(17)16(9-10)11-4-6-12(19-2)7-5-11/h4-7,10H,3,8-9H2,1-2H3,(H,15,18)/t10-/m1/s1. The molecular weight excluding hydrogens is 244 g/mol. The highest BCUT2D eigenvalue weighted by atomic mass is 16.5. The Morgan fingerprint density at radius 3 is 2.68 bits per heavy atom. The van der Waals surface area contributed by atoms with Gasteiger partial charge >= 0.3 is 0 Å². The molecule has 1 atom stereocenters. The zero-order valence-electron chi connectivity index (χ0n) is 11.2. The number of rotatable bonds is 4. The van der Waals surface area contributed by atoms with E-state index >= 15 is 0 Å². The van der Waals surface area contributed by atoms with E-state index < -0.39 is 0 Å². The average molecular weight is 262 g/mol. The first-order chi connectivity index (χ1) is 9.15. The smallest absolute Gasteiger partial charge is 0.227 e. The quantitative estimate of drug-likeness (QED) is 0.886. The SMILES string of the molecule is CCNC(=O)[C@@H]1CC(=O)N(c2ccc(OC)cc2)C1. The van der Waals surface area contributed by atoms with Crippen LogP contribution in [0.3, 0.4) is 0 Å². The molecular formula is C14H18N2O3. The van der Waals surface area contributed by atoms with Gasteiger partial charge in [0.1, 0.15) is 5.75 Å². The molecule has 1 heterocycles. The van der Waals surface area contributed by atoms with Crippen molar-refractivity contribution in [3.05, 3.63) is 24.3 Å². The zero-order chi connectivity index (χ0) is 13.8. The van der Waals surface area contributed by atoms with Gasteiger partial charge in [-0.05, 0) is 31.2 Å². The van der Waals surface area contributed by atoms with Crippen LogP contribution in [0, 0.1) is 5.92 Å². The fourth-order valence-electron chi connectivity index (χ4n) is 2.21. The molecule has 102 valence electrons. The minimum absolute atomic E-state index is 0.0126. The molecule has 1 N–H and O–H groups in total. The average Bonchev–Trinajstić information content (AvgIpc) is 2.81. The maximum Gasteiger partial charge on any atom is 0.227 e. The van der Waals surface area contributed by atoms with Crippen molar-refractivity contribution in [1.29, 1.82) is 0 Å². The summed E-state index contributed by atoms with van der Waals surface area (Å²) in [6.07, 6.45) is 0.276. The number of methoxy groups -OCH3 is 1. The van der Waals surface area contributed by atoms with Crippen LogP contribution in [0.2, 0.25) is 0 Å². The van der Waals surface area contributed by atoms with Gasteiger partial charge in [-0.2, -0.15) is 0 Å². The van der Waals surface area contributed by atoms with E-state index in [2.05, 4.69) is 5.32 Å². The fourth-order valence-corrected chi connectivity index (χ4v) is 2.21. The van der Waals surface area contributed by atoms with E-state index in [1.165, 1.54) is 0 Å². The Morgan fingerprint density at radius 2 is 2.11 bits per heavy atom. The summed E-state index contributed by atoms with van der Waals surface area (Å²) in [4.78, 5) is 25.4. The maximum atomic E-state index is 12.0. The number of hydrogen-bond acceptors (Lipinski definition) is 3. The summed E-state index contributed by atoms with van der Waals surface area (Å²) in [6, 6.07) is 7.28. The van der Waals surface area contributed by atoms with Gasteiger partial charge < -0.3 is 15.0 Å². The number of hydrogen-bond donors (Lipinski definition) is 1. The van der Waals surface area contributed by atoms with Gasteiger partial charge in [0.25, 0.3) is 0 Å². The van der Waals surface area contributed by atoms with Gasteiger partial charge in [0.15, 0.2) is 0 Å². The third-order valence-corrected chi connectivity index (χ3v) is 3.23. The summed E-state index contributed by atoms with van der Waals surface area (Å²) in [7, 11) is 1.60. The summed E-state index contributed by atoms with van der Waals surface area (Å²) >= 11 is 0. The summed E-state index contributed by atoms with van der Waals surface area (Å²) in [6.45, 7) is 2.90. The molecule has 2 rings (SSSR count). The molecule has 1 aliphatic rings. The second-order valence-corrected chi connectivity index (χ2v) is 4.50. The second-order valence-electron chi connectivity index (χ2n) is 4.50. The summed E-state index contributed by atoms with van der Waals surface area (Å²) in [5, 5.41) is 2.76. The number of nitrogens with zero attached hydrogens (tertiary/aromatic N) is 1. The predicted octanol–water partition coefficient (Wildman–Crippen LogP) is 1.18. The van der Waals surface area contributed by atoms with Gasteiger partial charge in [-0.1, -0.05) is 0 Å². The molecule has 19 heavy (non-hydrogen) atoms. The van der Waals surface area contributed by atoms with Crippen molar-refractivity contribution < 1.29 is 14.3 Å². The lowest BCUT2D eigenvalue weighted by Crippen LogP contribution is -2.32. The maximum absolute atomic E-state index is 12.0. The minimum atomic E-state index is -0.255. The van der Waals surface area contributed by atoms with Crippen LogP contribution in [0.4, 0.5) is 5.69 Å². The Labute approximate surface area is 112 Å². The highest BCUT2D eigenvalue weighted by molar-refractivity contribution is 6.00. The van der Waals surface area contributed by atoms with E-state index in [1.807, 2.05) is 31.2 Å². The fraction of sp³-hybridized carbons (Fsp3) is 0.429. The van der Waals surface area contributed by atoms with E-state index in [0.717, 1.165) is 11.4 Å². The van der Waals surface area contributed by atoms with Crippen molar-refractivity contribution in [2.75, 3.05) is 25.1 Å². The number of benzene rings is 1. The van der Waals surface area contributed by atoms with Gasteiger partial charge in [-0.15, -0.1) is 0 Å². The Kier molecular flexibility index (Phi) is 4.04. The van der Waals surface area contributed by atoms with Crippen molar-refractivity contribution in [3.63, 3.8) is 0 Å². The topological polar surface area (TPSA) is 58.6 Å². The van der Waals surface area contributed by atoms with E-state index in [9.17, 15) is 9.59 Å². The third kappa shape index (κ3) is 2.86. The molecule has 0 radical (unpaired) electrons. The first-order valence-electron chi connectivity index (χ1n) is 6.37. The largest absolute Gasteiger partial charge is 0.497 e. The van der Waals surface area contributed by atoms with Gasteiger partial charge in [0.05, 0.1) is 13.0 Å². The lowest BCUT2D eigenvalue weighted by atomic mass is 10.1. The molecule has 5 heteroatoms. The van der Waals surface area contributed by atoms with Crippen LogP contribution in [0.1, 0.15) is 13.3 Å². The monoisotopic (exact) mass is 262 g/mol. The molecule has 5 nitrogen and oxygen atoms in total. The first kappa shape index (κ1) is 13.4. The second kappa shape index (κ2) is 5.73. The molecule has 0 aliphatic carbocycles. The molecule has 0 bridgehead atoms. The summed E-state index contributed by atoms with van der Waals surface area (Å²) < 4.78 is 5.08. The highest BCUT2D eigenvalue weighted by Gasteiger charge is 2.34. The Bertz CT molecular complexity index is 470. The Hall–Kier alpha value is -2.04. The third-order valence-electron chi connectivity index (χ3n) is 3.23. The lowest BCUT2D eigenvalue weighted by Gasteiger charge is -2.17. The first-order valence-corrected chi connectivity index (χ1v) is 6.37. The van der Waals surface area contributed by atoms with Crippen LogP contribution in [0.5, 0.6) is 5.75 Å². The number of amides is 2.